The van der Waals surface area contributed by atoms with Crippen LogP contribution in [0.4, 0.5) is 0 Å². The summed E-state index contributed by atoms with van der Waals surface area (Å²) in [6.45, 7) is 1.94. The molecular formula is C14H13N3S. The predicted octanol–water partition coefficient (Wildman–Crippen LogP) is 3.18. The highest BCUT2D eigenvalue weighted by Crippen LogP contribution is 2.23. The summed E-state index contributed by atoms with van der Waals surface area (Å²) in [5.74, 6) is 0.546. The van der Waals surface area contributed by atoms with Gasteiger partial charge in [0, 0.05) is 17.6 Å². The van der Waals surface area contributed by atoms with E-state index in [-0.39, 0.29) is 5.92 Å². The van der Waals surface area contributed by atoms with Crippen molar-refractivity contribution in [3.8, 4) is 6.07 Å². The molecule has 4 heteroatoms. The van der Waals surface area contributed by atoms with Crippen LogP contribution in [0.1, 0.15) is 17.2 Å². The smallest absolute Gasteiger partial charge is 0.187 e. The van der Waals surface area contributed by atoms with Gasteiger partial charge in [0.15, 0.2) is 5.16 Å². The molecule has 0 spiro atoms. The van der Waals surface area contributed by atoms with E-state index in [9.17, 15) is 5.26 Å². The average Bonchev–Trinajstić information content (AvgIpc) is 2.41. The van der Waals surface area contributed by atoms with Crippen LogP contribution in [0.2, 0.25) is 0 Å². The Morgan fingerprint density at radius 2 is 2.06 bits per heavy atom. The van der Waals surface area contributed by atoms with Gasteiger partial charge in [-0.25, -0.2) is 9.97 Å². The first-order chi connectivity index (χ1) is 8.79. The average molecular weight is 255 g/mol. The van der Waals surface area contributed by atoms with Gasteiger partial charge in [0.25, 0.3) is 0 Å². The molecule has 1 aromatic heterocycles. The first kappa shape index (κ1) is 12.6. The molecule has 0 aliphatic rings. The van der Waals surface area contributed by atoms with E-state index in [0.717, 1.165) is 16.4 Å². The van der Waals surface area contributed by atoms with E-state index >= 15 is 0 Å². The molecule has 0 aliphatic carbocycles. The molecule has 90 valence electrons. The van der Waals surface area contributed by atoms with Crippen molar-refractivity contribution in [3.05, 3.63) is 53.9 Å². The zero-order valence-electron chi connectivity index (χ0n) is 10.1. The molecule has 18 heavy (non-hydrogen) atoms. The third kappa shape index (κ3) is 3.31. The number of aromatic nitrogens is 2. The lowest BCUT2D eigenvalue weighted by molar-refractivity contribution is 0.921. The SMILES string of the molecule is Cc1ccnc(SCC(C#N)c2ccccc2)n1. The van der Waals surface area contributed by atoms with Crippen molar-refractivity contribution in [2.24, 2.45) is 0 Å². The van der Waals surface area contributed by atoms with Crippen LogP contribution < -0.4 is 0 Å². The number of thioether (sulfide) groups is 1. The van der Waals surface area contributed by atoms with Gasteiger partial charge in [-0.3, -0.25) is 0 Å². The minimum absolute atomic E-state index is 0.125. The van der Waals surface area contributed by atoms with E-state index < -0.39 is 0 Å². The van der Waals surface area contributed by atoms with Gasteiger partial charge in [-0.05, 0) is 18.6 Å². The van der Waals surface area contributed by atoms with E-state index in [1.54, 1.807) is 6.20 Å². The van der Waals surface area contributed by atoms with Crippen LogP contribution in [-0.2, 0) is 0 Å². The minimum Gasteiger partial charge on any atom is -0.231 e. The number of hydrogen-bond donors (Lipinski definition) is 0. The molecule has 1 unspecified atom stereocenters. The molecule has 1 aromatic carbocycles. The summed E-state index contributed by atoms with van der Waals surface area (Å²) >= 11 is 1.52. The van der Waals surface area contributed by atoms with E-state index in [1.165, 1.54) is 11.8 Å². The molecule has 0 radical (unpaired) electrons. The topological polar surface area (TPSA) is 49.6 Å². The Kier molecular flexibility index (Phi) is 4.32. The van der Waals surface area contributed by atoms with Crippen LogP contribution in [-0.4, -0.2) is 15.7 Å². The number of nitrogens with zero attached hydrogens (tertiary/aromatic N) is 3. The molecule has 0 saturated heterocycles. The van der Waals surface area contributed by atoms with Gasteiger partial charge in [0.1, 0.15) is 0 Å². The summed E-state index contributed by atoms with van der Waals surface area (Å²) in [7, 11) is 0. The maximum Gasteiger partial charge on any atom is 0.187 e. The fraction of sp³-hybridized carbons (Fsp3) is 0.214. The number of rotatable bonds is 4. The largest absolute Gasteiger partial charge is 0.231 e. The summed E-state index contributed by atoms with van der Waals surface area (Å²) in [4.78, 5) is 8.50. The molecule has 1 heterocycles. The second kappa shape index (κ2) is 6.18. The van der Waals surface area contributed by atoms with Crippen LogP contribution in [0.25, 0.3) is 0 Å². The monoisotopic (exact) mass is 255 g/mol. The third-order valence-corrected chi connectivity index (χ3v) is 3.46. The molecule has 0 fully saturated rings. The Balaban J connectivity index is 2.03. The molecule has 2 rings (SSSR count). The fourth-order valence-electron chi connectivity index (χ4n) is 1.55. The van der Waals surface area contributed by atoms with Crippen molar-refractivity contribution < 1.29 is 0 Å². The summed E-state index contributed by atoms with van der Waals surface area (Å²) in [6.07, 6.45) is 1.74. The van der Waals surface area contributed by atoms with E-state index in [4.69, 9.17) is 0 Å². The third-order valence-electron chi connectivity index (χ3n) is 2.51. The highest BCUT2D eigenvalue weighted by molar-refractivity contribution is 7.99. The molecule has 2 aromatic rings. The second-order valence-electron chi connectivity index (χ2n) is 3.88. The quantitative estimate of drug-likeness (QED) is 0.622. The molecule has 3 nitrogen and oxygen atoms in total. The van der Waals surface area contributed by atoms with Crippen LogP contribution in [0.3, 0.4) is 0 Å². The van der Waals surface area contributed by atoms with Gasteiger partial charge in [0.2, 0.25) is 0 Å². The molecule has 0 bridgehead atoms. The van der Waals surface area contributed by atoms with Crippen LogP contribution in [0.15, 0.2) is 47.8 Å². The minimum atomic E-state index is -0.125. The number of nitriles is 1. The summed E-state index contributed by atoms with van der Waals surface area (Å²) in [6, 6.07) is 14.0. The standard InChI is InChI=1S/C14H13N3S/c1-11-7-8-16-14(17-11)18-10-13(9-15)12-5-3-2-4-6-12/h2-8,13H,10H2,1H3. The predicted molar refractivity (Wildman–Crippen MR) is 72.3 cm³/mol. The van der Waals surface area contributed by atoms with E-state index in [2.05, 4.69) is 16.0 Å². The van der Waals surface area contributed by atoms with Gasteiger partial charge in [-0.2, -0.15) is 5.26 Å². The lowest BCUT2D eigenvalue weighted by atomic mass is 10.0. The lowest BCUT2D eigenvalue weighted by Crippen LogP contribution is -2.00. The normalized spacial score (nSPS) is 11.8. The van der Waals surface area contributed by atoms with E-state index in [1.807, 2.05) is 43.3 Å². The number of benzene rings is 1. The Hall–Kier alpha value is -1.86. The summed E-state index contributed by atoms with van der Waals surface area (Å²) in [5, 5.41) is 9.94. The molecule has 0 N–H and O–H groups in total. The Bertz CT molecular complexity index is 548. The van der Waals surface area contributed by atoms with Gasteiger partial charge >= 0.3 is 0 Å². The summed E-state index contributed by atoms with van der Waals surface area (Å²) in [5.41, 5.74) is 1.99. The Morgan fingerprint density at radius 3 is 2.72 bits per heavy atom. The van der Waals surface area contributed by atoms with Crippen molar-refractivity contribution in [2.45, 2.75) is 18.0 Å². The van der Waals surface area contributed by atoms with Gasteiger partial charge in [0.05, 0.1) is 12.0 Å². The van der Waals surface area contributed by atoms with E-state index in [0.29, 0.717) is 5.75 Å². The lowest BCUT2D eigenvalue weighted by Gasteiger charge is -2.08. The molecule has 0 aliphatic heterocycles. The Labute approximate surface area is 111 Å². The molecule has 0 saturated carbocycles. The zero-order chi connectivity index (χ0) is 12.8. The molecule has 0 amide bonds. The number of aryl methyl sites for hydroxylation is 1. The first-order valence-electron chi connectivity index (χ1n) is 5.66. The highest BCUT2D eigenvalue weighted by Gasteiger charge is 2.11. The van der Waals surface area contributed by atoms with Crippen LogP contribution in [0.5, 0.6) is 0 Å². The van der Waals surface area contributed by atoms with Crippen molar-refractivity contribution in [1.82, 2.24) is 9.97 Å². The highest BCUT2D eigenvalue weighted by atomic mass is 32.2. The van der Waals surface area contributed by atoms with Crippen molar-refractivity contribution in [3.63, 3.8) is 0 Å². The summed E-state index contributed by atoms with van der Waals surface area (Å²) < 4.78 is 0. The molecule has 1 atom stereocenters. The zero-order valence-corrected chi connectivity index (χ0v) is 10.9. The van der Waals surface area contributed by atoms with Crippen LogP contribution >= 0.6 is 11.8 Å². The van der Waals surface area contributed by atoms with Crippen molar-refractivity contribution >= 4 is 11.8 Å². The van der Waals surface area contributed by atoms with Gasteiger partial charge in [-0.15, -0.1) is 0 Å². The molecular weight excluding hydrogens is 242 g/mol. The first-order valence-corrected chi connectivity index (χ1v) is 6.65. The van der Waals surface area contributed by atoms with Gasteiger partial charge in [-0.1, -0.05) is 42.1 Å². The maximum atomic E-state index is 9.21. The van der Waals surface area contributed by atoms with Crippen LogP contribution in [0, 0.1) is 18.3 Å². The second-order valence-corrected chi connectivity index (χ2v) is 4.87. The maximum absolute atomic E-state index is 9.21. The van der Waals surface area contributed by atoms with Gasteiger partial charge < -0.3 is 0 Å². The Morgan fingerprint density at radius 1 is 1.28 bits per heavy atom. The van der Waals surface area contributed by atoms with Crippen molar-refractivity contribution in [1.29, 1.82) is 5.26 Å². The fourth-order valence-corrected chi connectivity index (χ4v) is 2.47. The van der Waals surface area contributed by atoms with Crippen molar-refractivity contribution in [2.75, 3.05) is 5.75 Å². The number of hydrogen-bond acceptors (Lipinski definition) is 4.